The molecule has 0 atom stereocenters. The molecule has 0 fully saturated rings. The van der Waals surface area contributed by atoms with E-state index in [-0.39, 0.29) is 17.3 Å². The molecule has 0 saturated carbocycles. The molecule has 0 aliphatic heterocycles. The summed E-state index contributed by atoms with van der Waals surface area (Å²) in [4.78, 5) is 17.5. The number of hydrogen-bond acceptors (Lipinski definition) is 5. The number of nitrogens with zero attached hydrogens (tertiary/aromatic N) is 3. The number of halogens is 4. The largest absolute Gasteiger partial charge is 0.443 e. The molecule has 154 valence electrons. The number of benzene rings is 1. The van der Waals surface area contributed by atoms with E-state index in [1.165, 1.54) is 41.9 Å². The molecule has 0 bridgehead atoms. The molecular weight excluding hydrogens is 441 g/mol. The molecule has 30 heavy (non-hydrogen) atoms. The van der Waals surface area contributed by atoms with Crippen LogP contribution in [-0.2, 0) is 12.7 Å². The highest BCUT2D eigenvalue weighted by Crippen LogP contribution is 2.34. The van der Waals surface area contributed by atoms with Gasteiger partial charge in [-0.1, -0.05) is 23.7 Å². The molecular formula is C19H12ClF3N4O2S. The first-order chi connectivity index (χ1) is 14.3. The van der Waals surface area contributed by atoms with Gasteiger partial charge < -0.3 is 9.73 Å². The number of amides is 1. The van der Waals surface area contributed by atoms with Gasteiger partial charge in [-0.25, -0.2) is 9.67 Å². The van der Waals surface area contributed by atoms with E-state index in [9.17, 15) is 18.0 Å². The Morgan fingerprint density at radius 2 is 2.10 bits per heavy atom. The van der Waals surface area contributed by atoms with Crippen LogP contribution in [0.1, 0.15) is 21.7 Å². The minimum atomic E-state index is -4.81. The van der Waals surface area contributed by atoms with Crippen molar-refractivity contribution in [2.24, 2.45) is 0 Å². The predicted octanol–water partition coefficient (Wildman–Crippen LogP) is 5.19. The Balaban J connectivity index is 1.57. The monoisotopic (exact) mass is 452 g/mol. The maximum atomic E-state index is 13.7. The van der Waals surface area contributed by atoms with Crippen molar-refractivity contribution < 1.29 is 22.4 Å². The molecule has 11 heteroatoms. The Morgan fingerprint density at radius 1 is 1.27 bits per heavy atom. The molecule has 0 saturated heterocycles. The Kier molecular flexibility index (Phi) is 5.35. The van der Waals surface area contributed by atoms with Crippen molar-refractivity contribution in [2.75, 3.05) is 0 Å². The summed E-state index contributed by atoms with van der Waals surface area (Å²) in [6, 6.07) is 9.41. The second kappa shape index (κ2) is 7.96. The minimum absolute atomic E-state index is 0.0889. The van der Waals surface area contributed by atoms with Gasteiger partial charge in [-0.15, -0.1) is 11.3 Å². The fraction of sp³-hybridized carbons (Fsp3) is 0.105. The van der Waals surface area contributed by atoms with E-state index in [1.54, 1.807) is 0 Å². The van der Waals surface area contributed by atoms with Crippen molar-refractivity contribution >= 4 is 28.8 Å². The van der Waals surface area contributed by atoms with Gasteiger partial charge in [0, 0.05) is 5.02 Å². The van der Waals surface area contributed by atoms with Crippen molar-refractivity contribution in [3.05, 3.63) is 76.2 Å². The van der Waals surface area contributed by atoms with E-state index in [0.29, 0.717) is 16.3 Å². The second-order valence-corrected chi connectivity index (χ2v) is 7.48. The van der Waals surface area contributed by atoms with Crippen molar-refractivity contribution in [3.63, 3.8) is 0 Å². The predicted molar refractivity (Wildman–Crippen MR) is 105 cm³/mol. The van der Waals surface area contributed by atoms with Gasteiger partial charge in [-0.2, -0.15) is 18.3 Å². The first kappa shape index (κ1) is 20.2. The lowest BCUT2D eigenvalue weighted by atomic mass is 10.2. The van der Waals surface area contributed by atoms with Gasteiger partial charge in [-0.3, -0.25) is 4.79 Å². The lowest BCUT2D eigenvalue weighted by molar-refractivity contribution is -0.143. The number of thiophene rings is 1. The second-order valence-electron chi connectivity index (χ2n) is 6.10. The van der Waals surface area contributed by atoms with Crippen LogP contribution in [0.15, 0.2) is 58.7 Å². The summed E-state index contributed by atoms with van der Waals surface area (Å²) in [6.07, 6.45) is -2.60. The SMILES string of the molecule is O=C(NCc1coc(-c2cccs2)n1)c1cnn(-c2cccc(Cl)c2)c1C(F)(F)F. The lowest BCUT2D eigenvalue weighted by Gasteiger charge is -2.13. The average Bonchev–Trinajstić information content (AvgIpc) is 3.45. The van der Waals surface area contributed by atoms with Crippen LogP contribution in [-0.4, -0.2) is 20.7 Å². The third-order valence-corrected chi connectivity index (χ3v) is 5.14. The minimum Gasteiger partial charge on any atom is -0.443 e. The van der Waals surface area contributed by atoms with Crippen LogP contribution in [0.2, 0.25) is 5.02 Å². The summed E-state index contributed by atoms with van der Waals surface area (Å²) < 4.78 is 47.1. The Bertz CT molecular complexity index is 1180. The smallest absolute Gasteiger partial charge is 0.434 e. The highest BCUT2D eigenvalue weighted by molar-refractivity contribution is 7.13. The number of hydrogen-bond donors (Lipinski definition) is 1. The quantitative estimate of drug-likeness (QED) is 0.452. The van der Waals surface area contributed by atoms with Crippen molar-refractivity contribution in [1.29, 1.82) is 0 Å². The molecule has 3 heterocycles. The molecule has 0 unspecified atom stereocenters. The molecule has 0 aliphatic rings. The summed E-state index contributed by atoms with van der Waals surface area (Å²) in [7, 11) is 0. The van der Waals surface area contributed by atoms with Gasteiger partial charge in [0.2, 0.25) is 5.89 Å². The lowest BCUT2D eigenvalue weighted by Crippen LogP contribution is -2.26. The number of oxazole rings is 1. The number of aromatic nitrogens is 3. The standard InChI is InChI=1S/C19H12ClF3N4O2S/c20-11-3-1-4-13(7-11)27-16(19(21,22)23)14(9-25-27)17(28)24-8-12-10-29-18(26-12)15-5-2-6-30-15/h1-7,9-10H,8H2,(H,24,28). The number of carbonyl (C=O) groups is 1. The van der Waals surface area contributed by atoms with Crippen LogP contribution >= 0.6 is 22.9 Å². The van der Waals surface area contributed by atoms with Crippen molar-refractivity contribution in [2.45, 2.75) is 12.7 Å². The van der Waals surface area contributed by atoms with Crippen LogP contribution in [0.3, 0.4) is 0 Å². The highest BCUT2D eigenvalue weighted by atomic mass is 35.5. The molecule has 1 amide bonds. The Hall–Kier alpha value is -3.11. The molecule has 3 aromatic heterocycles. The Morgan fingerprint density at radius 3 is 2.80 bits per heavy atom. The summed E-state index contributed by atoms with van der Waals surface area (Å²) in [6.45, 7) is -0.104. The van der Waals surface area contributed by atoms with Gasteiger partial charge in [-0.05, 0) is 29.6 Å². The van der Waals surface area contributed by atoms with Crippen LogP contribution < -0.4 is 5.32 Å². The van der Waals surface area contributed by atoms with Crippen molar-refractivity contribution in [1.82, 2.24) is 20.1 Å². The van der Waals surface area contributed by atoms with Crippen LogP contribution in [0.4, 0.5) is 13.2 Å². The summed E-state index contributed by atoms with van der Waals surface area (Å²) in [5, 5.41) is 8.28. The number of nitrogens with one attached hydrogen (secondary N) is 1. The van der Waals surface area contributed by atoms with Crippen LogP contribution in [0.5, 0.6) is 0 Å². The topological polar surface area (TPSA) is 73.0 Å². The number of alkyl halides is 3. The maximum Gasteiger partial charge on any atom is 0.434 e. The zero-order chi connectivity index (χ0) is 21.3. The first-order valence-electron chi connectivity index (χ1n) is 8.50. The third kappa shape index (κ3) is 4.10. The molecule has 1 aromatic carbocycles. The van der Waals surface area contributed by atoms with E-state index in [4.69, 9.17) is 16.0 Å². The zero-order valence-electron chi connectivity index (χ0n) is 15.0. The molecule has 0 aliphatic carbocycles. The van der Waals surface area contributed by atoms with Crippen LogP contribution in [0.25, 0.3) is 16.5 Å². The molecule has 0 spiro atoms. The maximum absolute atomic E-state index is 13.7. The highest BCUT2D eigenvalue weighted by Gasteiger charge is 2.40. The van der Waals surface area contributed by atoms with Gasteiger partial charge in [0.05, 0.1) is 34.6 Å². The average molecular weight is 453 g/mol. The number of rotatable bonds is 5. The molecule has 4 rings (SSSR count). The first-order valence-corrected chi connectivity index (χ1v) is 9.76. The van der Waals surface area contributed by atoms with E-state index < -0.39 is 23.3 Å². The molecule has 6 nitrogen and oxygen atoms in total. The summed E-state index contributed by atoms with van der Waals surface area (Å²) in [5.74, 6) is -0.560. The zero-order valence-corrected chi connectivity index (χ0v) is 16.6. The number of carbonyl (C=O) groups excluding carboxylic acids is 1. The normalized spacial score (nSPS) is 11.6. The fourth-order valence-electron chi connectivity index (χ4n) is 2.76. The summed E-state index contributed by atoms with van der Waals surface area (Å²) in [5.41, 5.74) is -1.33. The van der Waals surface area contributed by atoms with Gasteiger partial charge in [0.15, 0.2) is 5.69 Å². The van der Waals surface area contributed by atoms with Gasteiger partial charge in [0.25, 0.3) is 5.91 Å². The van der Waals surface area contributed by atoms with Gasteiger partial charge >= 0.3 is 6.18 Å². The fourth-order valence-corrected chi connectivity index (χ4v) is 3.60. The van der Waals surface area contributed by atoms with Crippen LogP contribution in [0, 0.1) is 0 Å². The van der Waals surface area contributed by atoms with E-state index >= 15 is 0 Å². The van der Waals surface area contributed by atoms with E-state index in [1.807, 2.05) is 17.5 Å². The summed E-state index contributed by atoms with van der Waals surface area (Å²) >= 11 is 7.30. The van der Waals surface area contributed by atoms with Crippen molar-refractivity contribution in [3.8, 4) is 16.5 Å². The molecule has 4 aromatic rings. The van der Waals surface area contributed by atoms with Gasteiger partial charge in [0.1, 0.15) is 6.26 Å². The third-order valence-electron chi connectivity index (χ3n) is 4.05. The van der Waals surface area contributed by atoms with E-state index in [0.717, 1.165) is 11.1 Å². The molecule has 0 radical (unpaired) electrons. The molecule has 1 N–H and O–H groups in total. The van der Waals surface area contributed by atoms with E-state index in [2.05, 4.69) is 15.4 Å². The Labute approximate surface area is 176 Å².